The van der Waals surface area contributed by atoms with E-state index in [4.69, 9.17) is 11.6 Å². The summed E-state index contributed by atoms with van der Waals surface area (Å²) in [4.78, 5) is 5.17. The van der Waals surface area contributed by atoms with Crippen molar-refractivity contribution in [2.45, 2.75) is 18.0 Å². The zero-order chi connectivity index (χ0) is 11.1. The van der Waals surface area contributed by atoms with E-state index < -0.39 is 12.0 Å². The third-order valence-corrected chi connectivity index (χ3v) is 3.20. The first kappa shape index (κ1) is 10.9. The molecule has 2 heterocycles. The van der Waals surface area contributed by atoms with E-state index in [-0.39, 0.29) is 5.38 Å². The number of hydrogen-bond acceptors (Lipinski definition) is 4. The van der Waals surface area contributed by atoms with Gasteiger partial charge in [-0.3, -0.25) is 0 Å². The molecule has 0 N–H and O–H groups in total. The molecule has 0 spiro atoms. The van der Waals surface area contributed by atoms with Gasteiger partial charge in [-0.15, -0.1) is 11.6 Å². The van der Waals surface area contributed by atoms with Gasteiger partial charge in [0.15, 0.2) is 0 Å². The summed E-state index contributed by atoms with van der Waals surface area (Å²) in [5, 5.41) is 0.286. The molecule has 1 aromatic heterocycles. The predicted octanol–water partition coefficient (Wildman–Crippen LogP) is 2.37. The zero-order valence-electron chi connectivity index (χ0n) is 7.46. The van der Waals surface area contributed by atoms with Gasteiger partial charge in [-0.25, -0.2) is 0 Å². The second-order valence-corrected chi connectivity index (χ2v) is 4.58. The van der Waals surface area contributed by atoms with Crippen LogP contribution in [0.5, 0.6) is 0 Å². The van der Waals surface area contributed by atoms with Crippen molar-refractivity contribution in [3.05, 3.63) is 5.82 Å². The second kappa shape index (κ2) is 3.79. The van der Waals surface area contributed by atoms with Crippen LogP contribution in [0.3, 0.4) is 0 Å². The highest BCUT2D eigenvalue weighted by Crippen LogP contribution is 2.31. The molecule has 3 nitrogen and oxygen atoms in total. The van der Waals surface area contributed by atoms with Gasteiger partial charge in [0, 0.05) is 24.6 Å². The molecular formula is C7H7ClF3N3S. The molecule has 1 saturated heterocycles. The molecule has 8 heteroatoms. The van der Waals surface area contributed by atoms with Crippen LogP contribution in [0.4, 0.5) is 18.3 Å². The Morgan fingerprint density at radius 1 is 1.47 bits per heavy atom. The van der Waals surface area contributed by atoms with Gasteiger partial charge in [-0.05, 0) is 6.42 Å². The van der Waals surface area contributed by atoms with E-state index >= 15 is 0 Å². The molecule has 0 saturated carbocycles. The number of rotatable bonds is 1. The number of halogens is 4. The number of nitrogens with zero attached hydrogens (tertiary/aromatic N) is 3. The van der Waals surface area contributed by atoms with Crippen LogP contribution in [0, 0.1) is 0 Å². The lowest BCUT2D eigenvalue weighted by Crippen LogP contribution is -2.19. The van der Waals surface area contributed by atoms with E-state index in [1.165, 1.54) is 0 Å². The van der Waals surface area contributed by atoms with Gasteiger partial charge in [-0.1, -0.05) is 0 Å². The lowest BCUT2D eigenvalue weighted by molar-refractivity contribution is -0.144. The monoisotopic (exact) mass is 257 g/mol. The van der Waals surface area contributed by atoms with Gasteiger partial charge >= 0.3 is 6.18 Å². The Morgan fingerprint density at radius 2 is 2.20 bits per heavy atom. The van der Waals surface area contributed by atoms with Gasteiger partial charge < -0.3 is 4.90 Å². The molecule has 1 atom stereocenters. The fourth-order valence-electron chi connectivity index (χ4n) is 1.35. The molecule has 84 valence electrons. The topological polar surface area (TPSA) is 29.0 Å². The Morgan fingerprint density at radius 3 is 2.67 bits per heavy atom. The predicted molar refractivity (Wildman–Crippen MR) is 51.4 cm³/mol. The number of hydrogen-bond donors (Lipinski definition) is 0. The molecule has 1 aliphatic rings. The van der Waals surface area contributed by atoms with E-state index in [9.17, 15) is 13.2 Å². The van der Waals surface area contributed by atoms with Crippen LogP contribution in [0.1, 0.15) is 12.2 Å². The molecule has 15 heavy (non-hydrogen) atoms. The Hall–Kier alpha value is -0.560. The standard InChI is InChI=1S/C7H7ClF3N3S/c8-4-1-2-14(3-4)6-12-5(13-15-6)7(9,10)11/h4H,1-3H2. The molecule has 0 aromatic carbocycles. The summed E-state index contributed by atoms with van der Waals surface area (Å²) >= 11 is 6.61. The molecule has 0 bridgehead atoms. The summed E-state index contributed by atoms with van der Waals surface area (Å²) in [6.45, 7) is 1.18. The number of anilines is 1. The van der Waals surface area contributed by atoms with E-state index in [2.05, 4.69) is 9.36 Å². The van der Waals surface area contributed by atoms with E-state index in [0.717, 1.165) is 18.0 Å². The fourth-order valence-corrected chi connectivity index (χ4v) is 2.34. The van der Waals surface area contributed by atoms with Crippen molar-refractivity contribution in [2.24, 2.45) is 0 Å². The molecule has 0 aliphatic carbocycles. The largest absolute Gasteiger partial charge is 0.452 e. The van der Waals surface area contributed by atoms with Crippen LogP contribution in [0.15, 0.2) is 0 Å². The van der Waals surface area contributed by atoms with Crippen molar-refractivity contribution in [3.63, 3.8) is 0 Å². The average molecular weight is 258 g/mol. The Kier molecular flexibility index (Phi) is 2.76. The Labute approximate surface area is 93.0 Å². The summed E-state index contributed by atoms with van der Waals surface area (Å²) in [5.41, 5.74) is 0. The maximum absolute atomic E-state index is 12.2. The summed E-state index contributed by atoms with van der Waals surface area (Å²) in [7, 11) is 0. The zero-order valence-corrected chi connectivity index (χ0v) is 9.03. The minimum Gasteiger partial charge on any atom is -0.345 e. The number of aromatic nitrogens is 2. The first-order valence-corrected chi connectivity index (χ1v) is 5.48. The van der Waals surface area contributed by atoms with Crippen LogP contribution < -0.4 is 4.90 Å². The summed E-state index contributed by atoms with van der Waals surface area (Å²) in [5.74, 6) is -1.07. The van der Waals surface area contributed by atoms with Crippen LogP contribution in [-0.2, 0) is 6.18 Å². The van der Waals surface area contributed by atoms with Crippen LogP contribution in [0.25, 0.3) is 0 Å². The maximum Gasteiger partial charge on any atom is 0.452 e. The van der Waals surface area contributed by atoms with Crippen molar-refractivity contribution in [1.29, 1.82) is 0 Å². The summed E-state index contributed by atoms with van der Waals surface area (Å²) in [6, 6.07) is 0. The summed E-state index contributed by atoms with van der Waals surface area (Å²) < 4.78 is 39.9. The molecule has 1 aromatic rings. The third-order valence-electron chi connectivity index (χ3n) is 2.07. The normalized spacial score (nSPS) is 22.4. The highest BCUT2D eigenvalue weighted by Gasteiger charge is 2.37. The Bertz CT molecular complexity index is 353. The van der Waals surface area contributed by atoms with Crippen molar-refractivity contribution >= 4 is 28.3 Å². The molecule has 0 amide bonds. The molecular weight excluding hydrogens is 251 g/mol. The van der Waals surface area contributed by atoms with Crippen LogP contribution in [-0.4, -0.2) is 27.8 Å². The van der Waals surface area contributed by atoms with Crippen molar-refractivity contribution in [3.8, 4) is 0 Å². The third kappa shape index (κ3) is 2.34. The molecule has 1 aliphatic heterocycles. The van der Waals surface area contributed by atoms with Gasteiger partial charge in [0.1, 0.15) is 0 Å². The van der Waals surface area contributed by atoms with E-state index in [1.807, 2.05) is 0 Å². The van der Waals surface area contributed by atoms with Gasteiger partial charge in [0.05, 0.1) is 5.38 Å². The molecule has 2 rings (SSSR count). The first-order valence-electron chi connectivity index (χ1n) is 4.27. The van der Waals surface area contributed by atoms with Gasteiger partial charge in [0.25, 0.3) is 0 Å². The SMILES string of the molecule is FC(F)(F)c1nsc(N2CCC(Cl)C2)n1. The molecule has 0 radical (unpaired) electrons. The highest BCUT2D eigenvalue weighted by molar-refractivity contribution is 7.09. The lowest BCUT2D eigenvalue weighted by atomic mass is 10.4. The fraction of sp³-hybridized carbons (Fsp3) is 0.714. The molecule has 1 fully saturated rings. The first-order chi connectivity index (χ1) is 6.97. The van der Waals surface area contributed by atoms with Crippen molar-refractivity contribution in [1.82, 2.24) is 9.36 Å². The van der Waals surface area contributed by atoms with Crippen LogP contribution in [0.2, 0.25) is 0 Å². The van der Waals surface area contributed by atoms with E-state index in [1.54, 1.807) is 4.90 Å². The quantitative estimate of drug-likeness (QED) is 0.724. The minimum atomic E-state index is -4.46. The smallest absolute Gasteiger partial charge is 0.345 e. The van der Waals surface area contributed by atoms with Gasteiger partial charge in [0.2, 0.25) is 11.0 Å². The minimum absolute atomic E-state index is 0.0109. The highest BCUT2D eigenvalue weighted by atomic mass is 35.5. The van der Waals surface area contributed by atoms with Crippen molar-refractivity contribution < 1.29 is 13.2 Å². The second-order valence-electron chi connectivity index (χ2n) is 3.23. The van der Waals surface area contributed by atoms with Gasteiger partial charge in [-0.2, -0.15) is 22.5 Å². The van der Waals surface area contributed by atoms with Crippen molar-refractivity contribution in [2.75, 3.05) is 18.0 Å². The molecule has 1 unspecified atom stereocenters. The van der Waals surface area contributed by atoms with Crippen LogP contribution >= 0.6 is 23.1 Å². The Balaban J connectivity index is 2.14. The lowest BCUT2D eigenvalue weighted by Gasteiger charge is -2.11. The average Bonchev–Trinajstić information content (AvgIpc) is 2.69. The maximum atomic E-state index is 12.2. The summed E-state index contributed by atoms with van der Waals surface area (Å²) in [6.07, 6.45) is -3.70. The number of alkyl halides is 4. The van der Waals surface area contributed by atoms with E-state index in [0.29, 0.717) is 18.2 Å².